The molecule has 0 spiro atoms. The van der Waals surface area contributed by atoms with E-state index in [0.717, 1.165) is 44.1 Å². The molecule has 0 aliphatic heterocycles. The Hall–Kier alpha value is -1.45. The van der Waals surface area contributed by atoms with Crippen molar-refractivity contribution in [1.29, 1.82) is 0 Å². The van der Waals surface area contributed by atoms with E-state index in [1.807, 2.05) is 6.92 Å². The molecule has 4 heteroatoms. The molecule has 0 N–H and O–H groups in total. The van der Waals surface area contributed by atoms with E-state index in [2.05, 4.69) is 13.8 Å². The van der Waals surface area contributed by atoms with Crippen LogP contribution in [0.2, 0.25) is 0 Å². The molecule has 0 unspecified atom stereocenters. The number of fused-ring (bicyclic) bond motifs is 5. The second-order valence-corrected chi connectivity index (χ2v) is 10.3. The summed E-state index contributed by atoms with van der Waals surface area (Å²) >= 11 is 0. The number of hydrogen-bond acceptors (Lipinski definition) is 4. The Bertz CT molecular complexity index is 779. The van der Waals surface area contributed by atoms with Gasteiger partial charge >= 0.3 is 5.97 Å². The lowest BCUT2D eigenvalue weighted by atomic mass is 9.45. The van der Waals surface area contributed by atoms with E-state index in [1.165, 1.54) is 12.5 Å². The molecule has 154 valence electrons. The van der Waals surface area contributed by atoms with E-state index >= 15 is 0 Å². The Kier molecular flexibility index (Phi) is 4.45. The van der Waals surface area contributed by atoms with Crippen LogP contribution < -0.4 is 0 Å². The first-order valence-corrected chi connectivity index (χ1v) is 11.0. The van der Waals surface area contributed by atoms with Gasteiger partial charge in [0.1, 0.15) is 0 Å². The number of carbonyl (C=O) groups is 3. The number of esters is 1. The molecule has 4 aliphatic rings. The maximum atomic E-state index is 12.8. The lowest BCUT2D eigenvalue weighted by molar-refractivity contribution is -0.187. The van der Waals surface area contributed by atoms with Crippen molar-refractivity contribution in [2.75, 3.05) is 0 Å². The number of rotatable bonds is 2. The second-order valence-electron chi connectivity index (χ2n) is 10.3. The van der Waals surface area contributed by atoms with Crippen LogP contribution in [0.15, 0.2) is 11.1 Å². The minimum Gasteiger partial charge on any atom is -0.451 e. The molecule has 6 atom stereocenters. The van der Waals surface area contributed by atoms with Gasteiger partial charge in [0.15, 0.2) is 17.2 Å². The number of Topliss-reactive ketones (excluding diaryl/α,β-unsaturated/α-hetero) is 2. The van der Waals surface area contributed by atoms with Crippen molar-refractivity contribution in [1.82, 2.24) is 0 Å². The Labute approximate surface area is 168 Å². The molecular formula is C24H34O4. The third-order valence-electron chi connectivity index (χ3n) is 9.42. The highest BCUT2D eigenvalue weighted by Crippen LogP contribution is 2.68. The van der Waals surface area contributed by atoms with Crippen LogP contribution in [0.5, 0.6) is 0 Å². The monoisotopic (exact) mass is 386 g/mol. The van der Waals surface area contributed by atoms with E-state index in [1.54, 1.807) is 6.92 Å². The Balaban J connectivity index is 1.72. The molecule has 0 heterocycles. The molecule has 28 heavy (non-hydrogen) atoms. The third-order valence-corrected chi connectivity index (χ3v) is 9.42. The molecule has 0 radical (unpaired) electrons. The zero-order valence-electron chi connectivity index (χ0n) is 18.0. The topological polar surface area (TPSA) is 60.4 Å². The van der Waals surface area contributed by atoms with Gasteiger partial charge in [0, 0.05) is 18.8 Å². The van der Waals surface area contributed by atoms with Crippen LogP contribution in [0, 0.1) is 28.6 Å². The molecular weight excluding hydrogens is 352 g/mol. The van der Waals surface area contributed by atoms with E-state index in [-0.39, 0.29) is 22.6 Å². The van der Waals surface area contributed by atoms with Crippen LogP contribution in [-0.4, -0.2) is 23.1 Å². The molecule has 0 aromatic heterocycles. The van der Waals surface area contributed by atoms with Crippen LogP contribution >= 0.6 is 0 Å². The Morgan fingerprint density at radius 3 is 2.29 bits per heavy atom. The van der Waals surface area contributed by atoms with E-state index < -0.39 is 5.60 Å². The number of ketones is 2. The first kappa shape index (κ1) is 19.8. The summed E-state index contributed by atoms with van der Waals surface area (Å²) < 4.78 is 5.83. The van der Waals surface area contributed by atoms with Gasteiger partial charge < -0.3 is 4.74 Å². The zero-order chi connectivity index (χ0) is 20.5. The normalized spacial score (nSPS) is 45.2. The van der Waals surface area contributed by atoms with Crippen molar-refractivity contribution in [2.45, 2.75) is 91.6 Å². The van der Waals surface area contributed by atoms with E-state index in [9.17, 15) is 14.4 Å². The molecule has 4 nitrogen and oxygen atoms in total. The smallest absolute Gasteiger partial charge is 0.303 e. The van der Waals surface area contributed by atoms with Crippen molar-refractivity contribution in [3.63, 3.8) is 0 Å². The molecule has 0 amide bonds. The summed E-state index contributed by atoms with van der Waals surface area (Å²) in [6.45, 7) is 9.64. The Morgan fingerprint density at radius 1 is 0.964 bits per heavy atom. The van der Waals surface area contributed by atoms with Crippen molar-refractivity contribution in [3.05, 3.63) is 11.1 Å². The highest BCUT2D eigenvalue weighted by atomic mass is 16.6. The molecule has 4 rings (SSSR count). The summed E-state index contributed by atoms with van der Waals surface area (Å²) in [5, 5.41) is 0. The van der Waals surface area contributed by atoms with Crippen molar-refractivity contribution in [3.8, 4) is 0 Å². The van der Waals surface area contributed by atoms with Gasteiger partial charge in [-0.15, -0.1) is 0 Å². The first-order valence-electron chi connectivity index (χ1n) is 11.0. The van der Waals surface area contributed by atoms with Crippen molar-refractivity contribution < 1.29 is 19.1 Å². The maximum Gasteiger partial charge on any atom is 0.303 e. The van der Waals surface area contributed by atoms with Gasteiger partial charge in [-0.1, -0.05) is 19.4 Å². The lowest BCUT2D eigenvalue weighted by Gasteiger charge is -2.59. The van der Waals surface area contributed by atoms with Crippen LogP contribution in [0.3, 0.4) is 0 Å². The average Bonchev–Trinajstić information content (AvgIpc) is 2.92. The van der Waals surface area contributed by atoms with Gasteiger partial charge in [0.2, 0.25) is 0 Å². The number of hydrogen-bond donors (Lipinski definition) is 0. The first-order chi connectivity index (χ1) is 13.1. The summed E-state index contributed by atoms with van der Waals surface area (Å²) in [6, 6.07) is 0. The molecule has 4 aliphatic carbocycles. The summed E-state index contributed by atoms with van der Waals surface area (Å²) in [5.74, 6) is 1.51. The highest BCUT2D eigenvalue weighted by Gasteiger charge is 2.67. The molecule has 0 saturated heterocycles. The second kappa shape index (κ2) is 6.27. The molecule has 0 bridgehead atoms. The SMILES string of the molecule is CC(=O)O[C@]1(C(C)=O)CC[C@@H]2[C@@H]3CCC4=C(C)C(=O)CC[C@]4(C)[C@@H]3CC[C@@]21C. The van der Waals surface area contributed by atoms with Crippen LogP contribution in [0.4, 0.5) is 0 Å². The molecule has 0 aromatic carbocycles. The van der Waals surface area contributed by atoms with Gasteiger partial charge in [-0.3, -0.25) is 14.4 Å². The predicted molar refractivity (Wildman–Crippen MR) is 107 cm³/mol. The van der Waals surface area contributed by atoms with Crippen LogP contribution in [0.25, 0.3) is 0 Å². The number of ether oxygens (including phenoxy) is 1. The number of allylic oxidation sites excluding steroid dienone is 1. The van der Waals surface area contributed by atoms with E-state index in [0.29, 0.717) is 36.4 Å². The van der Waals surface area contributed by atoms with Gasteiger partial charge in [-0.25, -0.2) is 0 Å². The minimum absolute atomic E-state index is 0.00728. The van der Waals surface area contributed by atoms with Gasteiger partial charge in [0.05, 0.1) is 0 Å². The highest BCUT2D eigenvalue weighted by molar-refractivity contribution is 5.96. The van der Waals surface area contributed by atoms with Crippen LogP contribution in [0.1, 0.15) is 86.0 Å². The quantitative estimate of drug-likeness (QED) is 0.640. The number of carbonyl (C=O) groups excluding carboxylic acids is 3. The largest absolute Gasteiger partial charge is 0.451 e. The molecule has 3 fully saturated rings. The fourth-order valence-electron chi connectivity index (χ4n) is 8.04. The standard InChI is InChI=1S/C24H34O4/c1-14-18-7-6-17-19(22(18,4)11-10-21(14)27)8-12-23(5)20(17)9-13-24(23,15(2)25)28-16(3)26/h17,19-20H,6-13H2,1-5H3/t17-,19-,20-,22+,23+,24+/m1/s1. The lowest BCUT2D eigenvalue weighted by Crippen LogP contribution is -2.58. The summed E-state index contributed by atoms with van der Waals surface area (Å²) in [6.07, 6.45) is 7.31. The summed E-state index contributed by atoms with van der Waals surface area (Å²) in [7, 11) is 0. The fraction of sp³-hybridized carbons (Fsp3) is 0.792. The third kappa shape index (κ3) is 2.39. The van der Waals surface area contributed by atoms with Crippen molar-refractivity contribution >= 4 is 17.5 Å². The molecule has 3 saturated carbocycles. The fourth-order valence-corrected chi connectivity index (χ4v) is 8.04. The Morgan fingerprint density at radius 2 is 1.64 bits per heavy atom. The summed E-state index contributed by atoms with van der Waals surface area (Å²) in [5.41, 5.74) is 1.31. The maximum absolute atomic E-state index is 12.8. The average molecular weight is 387 g/mol. The predicted octanol–water partition coefficient (Wildman–Crippen LogP) is 4.80. The molecule has 0 aromatic rings. The summed E-state index contributed by atoms with van der Waals surface area (Å²) in [4.78, 5) is 37.0. The van der Waals surface area contributed by atoms with Crippen molar-refractivity contribution in [2.24, 2.45) is 28.6 Å². The van der Waals surface area contributed by atoms with Gasteiger partial charge in [-0.2, -0.15) is 0 Å². The van der Waals surface area contributed by atoms with Crippen LogP contribution in [-0.2, 0) is 19.1 Å². The van der Waals surface area contributed by atoms with Gasteiger partial charge in [0.25, 0.3) is 0 Å². The van der Waals surface area contributed by atoms with Gasteiger partial charge in [-0.05, 0) is 87.5 Å². The zero-order valence-corrected chi connectivity index (χ0v) is 18.0. The minimum atomic E-state index is -0.954. The van der Waals surface area contributed by atoms with E-state index in [4.69, 9.17) is 4.74 Å².